The van der Waals surface area contributed by atoms with Crippen molar-refractivity contribution in [2.24, 2.45) is 0 Å². The van der Waals surface area contributed by atoms with Crippen molar-refractivity contribution < 1.29 is 17.9 Å². The van der Waals surface area contributed by atoms with E-state index in [2.05, 4.69) is 14.7 Å². The smallest absolute Gasteiger partial charge is 0.342 e. The van der Waals surface area contributed by atoms with Crippen LogP contribution in [0.5, 0.6) is 0 Å². The van der Waals surface area contributed by atoms with Gasteiger partial charge in [-0.2, -0.15) is 0 Å². The van der Waals surface area contributed by atoms with Crippen molar-refractivity contribution in [3.63, 3.8) is 0 Å². The van der Waals surface area contributed by atoms with Crippen LogP contribution in [0.4, 0.5) is 0 Å². The fourth-order valence-corrected chi connectivity index (χ4v) is 1.74. The van der Waals surface area contributed by atoms with Crippen LogP contribution in [0.1, 0.15) is 17.3 Å². The Labute approximate surface area is 87.2 Å². The SMILES string of the molecule is CCOC(=O)c1cncnc1S(C)(=O)=O. The van der Waals surface area contributed by atoms with Gasteiger partial charge in [0.15, 0.2) is 14.9 Å². The zero-order valence-electron chi connectivity index (χ0n) is 8.30. The number of ether oxygens (including phenoxy) is 1. The Bertz CT molecular complexity index is 469. The minimum absolute atomic E-state index is 0.137. The Morgan fingerprint density at radius 3 is 2.73 bits per heavy atom. The molecule has 0 amide bonds. The number of nitrogens with zero attached hydrogens (tertiary/aromatic N) is 2. The first-order chi connectivity index (χ1) is 6.96. The first-order valence-corrected chi connectivity index (χ1v) is 6.03. The lowest BCUT2D eigenvalue weighted by Crippen LogP contribution is -2.13. The summed E-state index contributed by atoms with van der Waals surface area (Å²) in [5.41, 5.74) is -0.137. The first kappa shape index (κ1) is 11.6. The van der Waals surface area contributed by atoms with E-state index in [1.54, 1.807) is 6.92 Å². The van der Waals surface area contributed by atoms with Crippen LogP contribution >= 0.6 is 0 Å². The molecule has 1 rings (SSSR count). The van der Waals surface area contributed by atoms with Gasteiger partial charge in [0.05, 0.1) is 6.61 Å². The molecule has 0 aliphatic heterocycles. The molecule has 0 spiro atoms. The Hall–Kier alpha value is -1.50. The third-order valence-corrected chi connectivity index (χ3v) is 2.55. The summed E-state index contributed by atoms with van der Waals surface area (Å²) in [5.74, 6) is -0.737. The van der Waals surface area contributed by atoms with Crippen molar-refractivity contribution in [1.82, 2.24) is 9.97 Å². The third-order valence-electron chi connectivity index (χ3n) is 1.52. The van der Waals surface area contributed by atoms with E-state index in [-0.39, 0.29) is 17.2 Å². The highest BCUT2D eigenvalue weighted by atomic mass is 32.2. The van der Waals surface area contributed by atoms with Crippen LogP contribution in [0.25, 0.3) is 0 Å². The van der Waals surface area contributed by atoms with Gasteiger partial charge < -0.3 is 4.74 Å². The van der Waals surface area contributed by atoms with E-state index in [1.807, 2.05) is 0 Å². The Balaban J connectivity index is 3.25. The average Bonchev–Trinajstić information content (AvgIpc) is 2.17. The van der Waals surface area contributed by atoms with E-state index in [0.717, 1.165) is 18.8 Å². The van der Waals surface area contributed by atoms with E-state index in [1.165, 1.54) is 0 Å². The van der Waals surface area contributed by atoms with Crippen molar-refractivity contribution in [2.75, 3.05) is 12.9 Å². The maximum atomic E-state index is 11.3. The summed E-state index contributed by atoms with van der Waals surface area (Å²) in [6.07, 6.45) is 3.17. The molecule has 1 heterocycles. The van der Waals surface area contributed by atoms with Gasteiger partial charge in [-0.05, 0) is 6.92 Å². The predicted octanol–water partition coefficient (Wildman–Crippen LogP) is 0.0568. The summed E-state index contributed by atoms with van der Waals surface area (Å²) in [6.45, 7) is 1.79. The van der Waals surface area contributed by atoms with Gasteiger partial charge in [-0.25, -0.2) is 23.2 Å². The molecule has 0 atom stereocenters. The lowest BCUT2D eigenvalue weighted by Gasteiger charge is -2.04. The molecule has 0 N–H and O–H groups in total. The predicted molar refractivity (Wildman–Crippen MR) is 51.1 cm³/mol. The Kier molecular flexibility index (Phi) is 3.35. The summed E-state index contributed by atoms with van der Waals surface area (Å²) >= 11 is 0. The van der Waals surface area contributed by atoms with Gasteiger partial charge >= 0.3 is 5.97 Å². The molecule has 7 heteroatoms. The Morgan fingerprint density at radius 1 is 1.53 bits per heavy atom. The molecule has 0 bridgehead atoms. The van der Waals surface area contributed by atoms with Crippen molar-refractivity contribution in [3.8, 4) is 0 Å². The molecule has 1 aromatic rings. The van der Waals surface area contributed by atoms with Gasteiger partial charge in [-0.15, -0.1) is 0 Å². The zero-order valence-corrected chi connectivity index (χ0v) is 9.11. The second-order valence-electron chi connectivity index (χ2n) is 2.73. The molecular formula is C8H10N2O4S. The molecule has 1 aromatic heterocycles. The molecule has 0 aliphatic carbocycles. The maximum absolute atomic E-state index is 11.3. The summed E-state index contributed by atoms with van der Waals surface area (Å²) in [7, 11) is -3.55. The van der Waals surface area contributed by atoms with E-state index in [4.69, 9.17) is 0 Å². The first-order valence-electron chi connectivity index (χ1n) is 4.14. The number of aromatic nitrogens is 2. The van der Waals surface area contributed by atoms with Crippen LogP contribution in [0.15, 0.2) is 17.6 Å². The molecular weight excluding hydrogens is 220 g/mol. The van der Waals surface area contributed by atoms with Crippen molar-refractivity contribution in [2.45, 2.75) is 11.9 Å². The van der Waals surface area contributed by atoms with Crippen LogP contribution in [-0.4, -0.2) is 37.2 Å². The van der Waals surface area contributed by atoms with Crippen molar-refractivity contribution >= 4 is 15.8 Å². The molecule has 15 heavy (non-hydrogen) atoms. The van der Waals surface area contributed by atoms with Crippen LogP contribution in [0.2, 0.25) is 0 Å². The third kappa shape index (κ3) is 2.72. The quantitative estimate of drug-likeness (QED) is 0.539. The minimum atomic E-state index is -3.55. The number of hydrogen-bond donors (Lipinski definition) is 0. The number of carbonyl (C=O) groups is 1. The van der Waals surface area contributed by atoms with Crippen LogP contribution in [-0.2, 0) is 14.6 Å². The van der Waals surface area contributed by atoms with E-state index < -0.39 is 15.8 Å². The minimum Gasteiger partial charge on any atom is -0.462 e. The van der Waals surface area contributed by atoms with Crippen molar-refractivity contribution in [3.05, 3.63) is 18.1 Å². The van der Waals surface area contributed by atoms with Crippen LogP contribution in [0.3, 0.4) is 0 Å². The standard InChI is InChI=1S/C8H10N2O4S/c1-3-14-8(11)6-4-9-5-10-7(6)15(2,12)13/h4-5H,3H2,1-2H3. The second-order valence-corrected chi connectivity index (χ2v) is 4.67. The number of hydrogen-bond acceptors (Lipinski definition) is 6. The normalized spacial score (nSPS) is 11.1. The van der Waals surface area contributed by atoms with Crippen LogP contribution < -0.4 is 0 Å². The summed E-state index contributed by atoms with van der Waals surface area (Å²) < 4.78 is 27.2. The number of esters is 1. The van der Waals surface area contributed by atoms with Crippen LogP contribution in [0, 0.1) is 0 Å². The van der Waals surface area contributed by atoms with E-state index in [9.17, 15) is 13.2 Å². The van der Waals surface area contributed by atoms with Gasteiger partial charge in [-0.1, -0.05) is 0 Å². The average molecular weight is 230 g/mol. The molecule has 0 radical (unpaired) electrons. The summed E-state index contributed by atoms with van der Waals surface area (Å²) in [4.78, 5) is 18.5. The van der Waals surface area contributed by atoms with Crippen molar-refractivity contribution in [1.29, 1.82) is 0 Å². The number of sulfone groups is 1. The lowest BCUT2D eigenvalue weighted by atomic mass is 10.3. The van der Waals surface area contributed by atoms with Gasteiger partial charge in [-0.3, -0.25) is 0 Å². The molecule has 82 valence electrons. The molecule has 0 saturated carbocycles. The fourth-order valence-electron chi connectivity index (χ4n) is 0.963. The topological polar surface area (TPSA) is 86.2 Å². The van der Waals surface area contributed by atoms with Gasteiger partial charge in [0, 0.05) is 12.5 Å². The second kappa shape index (κ2) is 4.35. The van der Waals surface area contributed by atoms with Gasteiger partial charge in [0.2, 0.25) is 0 Å². The van der Waals surface area contributed by atoms with E-state index in [0.29, 0.717) is 0 Å². The number of carbonyl (C=O) groups excluding carboxylic acids is 1. The van der Waals surface area contributed by atoms with Gasteiger partial charge in [0.25, 0.3) is 0 Å². The fraction of sp³-hybridized carbons (Fsp3) is 0.375. The summed E-state index contributed by atoms with van der Waals surface area (Å²) in [5, 5.41) is -0.309. The molecule has 0 unspecified atom stereocenters. The van der Waals surface area contributed by atoms with Gasteiger partial charge in [0.1, 0.15) is 11.9 Å². The Morgan fingerprint density at radius 2 is 2.20 bits per heavy atom. The highest BCUT2D eigenvalue weighted by Gasteiger charge is 2.21. The molecule has 0 fully saturated rings. The highest BCUT2D eigenvalue weighted by molar-refractivity contribution is 7.90. The maximum Gasteiger partial charge on any atom is 0.342 e. The molecule has 0 aromatic carbocycles. The number of rotatable bonds is 3. The zero-order chi connectivity index (χ0) is 11.5. The molecule has 6 nitrogen and oxygen atoms in total. The lowest BCUT2D eigenvalue weighted by molar-refractivity contribution is 0.0520. The van der Waals surface area contributed by atoms with E-state index >= 15 is 0 Å². The largest absolute Gasteiger partial charge is 0.462 e. The monoisotopic (exact) mass is 230 g/mol. The molecule has 0 saturated heterocycles. The highest BCUT2D eigenvalue weighted by Crippen LogP contribution is 2.11. The molecule has 0 aliphatic rings. The summed E-state index contributed by atoms with van der Waals surface area (Å²) in [6, 6.07) is 0.